The monoisotopic (exact) mass is 187 g/mol. The summed E-state index contributed by atoms with van der Waals surface area (Å²) < 4.78 is 0. The second-order valence-corrected chi connectivity index (χ2v) is 4.36. The van der Waals surface area contributed by atoms with Gasteiger partial charge in [-0.3, -0.25) is 9.59 Å². The fourth-order valence-corrected chi connectivity index (χ4v) is 0.836. The van der Waals surface area contributed by atoms with E-state index in [1.54, 1.807) is 0 Å². The molecule has 0 saturated carbocycles. The smallest absolute Gasteiger partial charge is 0.325 e. The van der Waals surface area contributed by atoms with E-state index in [2.05, 4.69) is 5.32 Å². The van der Waals surface area contributed by atoms with E-state index >= 15 is 0 Å². The Bertz CT molecular complexity index is 205. The average molecular weight is 187 g/mol. The first-order valence-corrected chi connectivity index (χ1v) is 4.24. The maximum atomic E-state index is 11.2. The second kappa shape index (κ2) is 4.25. The van der Waals surface area contributed by atoms with E-state index in [-0.39, 0.29) is 11.3 Å². The van der Waals surface area contributed by atoms with Gasteiger partial charge >= 0.3 is 5.97 Å². The van der Waals surface area contributed by atoms with Crippen molar-refractivity contribution in [3.63, 3.8) is 0 Å². The number of carbonyl (C=O) groups excluding carboxylic acids is 1. The normalized spacial score (nSPS) is 13.5. The lowest BCUT2D eigenvalue weighted by Crippen LogP contribution is -2.39. The van der Waals surface area contributed by atoms with Crippen molar-refractivity contribution in [2.45, 2.75) is 40.2 Å². The molecule has 0 spiro atoms. The molecule has 13 heavy (non-hydrogen) atoms. The van der Waals surface area contributed by atoms with Gasteiger partial charge in [-0.1, -0.05) is 20.8 Å². The molecule has 2 N–H and O–H groups in total. The zero-order valence-electron chi connectivity index (χ0n) is 8.55. The minimum absolute atomic E-state index is 0.109. The van der Waals surface area contributed by atoms with Gasteiger partial charge in [0.05, 0.1) is 0 Å². The van der Waals surface area contributed by atoms with E-state index in [0.29, 0.717) is 6.42 Å². The van der Waals surface area contributed by atoms with Crippen LogP contribution in [0, 0.1) is 5.41 Å². The Balaban J connectivity index is 3.96. The topological polar surface area (TPSA) is 66.4 Å². The van der Waals surface area contributed by atoms with Crippen LogP contribution < -0.4 is 5.32 Å². The molecular weight excluding hydrogens is 170 g/mol. The predicted molar refractivity (Wildman–Crippen MR) is 49.3 cm³/mol. The summed E-state index contributed by atoms with van der Waals surface area (Å²) in [4.78, 5) is 21.6. The van der Waals surface area contributed by atoms with Gasteiger partial charge in [0, 0.05) is 6.42 Å². The van der Waals surface area contributed by atoms with Gasteiger partial charge in [-0.15, -0.1) is 0 Å². The minimum Gasteiger partial charge on any atom is -0.480 e. The molecular formula is C9H17NO3. The van der Waals surface area contributed by atoms with Crippen LogP contribution in [-0.2, 0) is 9.59 Å². The molecule has 4 heteroatoms. The molecule has 0 radical (unpaired) electrons. The summed E-state index contributed by atoms with van der Waals surface area (Å²) in [6, 6.07) is -0.810. The first-order chi connectivity index (χ1) is 5.72. The van der Waals surface area contributed by atoms with Crippen molar-refractivity contribution in [1.29, 1.82) is 0 Å². The van der Waals surface area contributed by atoms with E-state index in [1.807, 2.05) is 20.8 Å². The number of hydrogen-bond acceptors (Lipinski definition) is 2. The van der Waals surface area contributed by atoms with Crippen molar-refractivity contribution in [2.75, 3.05) is 0 Å². The molecule has 0 aliphatic carbocycles. The second-order valence-electron chi connectivity index (χ2n) is 4.36. The van der Waals surface area contributed by atoms with Gasteiger partial charge in [-0.05, 0) is 12.3 Å². The maximum absolute atomic E-state index is 11.2. The van der Waals surface area contributed by atoms with Crippen molar-refractivity contribution >= 4 is 11.9 Å². The van der Waals surface area contributed by atoms with Crippen LogP contribution in [0.15, 0.2) is 0 Å². The largest absolute Gasteiger partial charge is 0.480 e. The number of hydrogen-bond donors (Lipinski definition) is 2. The highest BCUT2D eigenvalue weighted by Gasteiger charge is 2.19. The quantitative estimate of drug-likeness (QED) is 0.693. The third kappa shape index (κ3) is 6.13. The van der Waals surface area contributed by atoms with Gasteiger partial charge in [-0.2, -0.15) is 0 Å². The molecule has 0 aliphatic heterocycles. The third-order valence-corrected chi connectivity index (χ3v) is 1.44. The van der Waals surface area contributed by atoms with Crippen molar-refractivity contribution < 1.29 is 14.7 Å². The Morgan fingerprint density at radius 1 is 1.38 bits per heavy atom. The van der Waals surface area contributed by atoms with Gasteiger partial charge in [0.25, 0.3) is 0 Å². The van der Waals surface area contributed by atoms with Crippen LogP contribution in [0.3, 0.4) is 0 Å². The summed E-state index contributed by atoms with van der Waals surface area (Å²) in [6.07, 6.45) is 0.338. The molecule has 76 valence electrons. The molecule has 0 aliphatic rings. The molecule has 0 fully saturated rings. The fourth-order valence-electron chi connectivity index (χ4n) is 0.836. The summed E-state index contributed by atoms with van der Waals surface area (Å²) in [7, 11) is 0. The number of amides is 1. The Hall–Kier alpha value is -1.06. The Labute approximate surface area is 78.3 Å². The van der Waals surface area contributed by atoms with E-state index in [1.165, 1.54) is 6.92 Å². The Morgan fingerprint density at radius 2 is 1.85 bits per heavy atom. The van der Waals surface area contributed by atoms with Crippen LogP contribution in [0.1, 0.15) is 34.1 Å². The van der Waals surface area contributed by atoms with Gasteiger partial charge in [0.2, 0.25) is 5.91 Å². The van der Waals surface area contributed by atoms with E-state index in [0.717, 1.165) is 0 Å². The molecule has 0 aromatic carbocycles. The van der Waals surface area contributed by atoms with Crippen molar-refractivity contribution in [2.24, 2.45) is 5.41 Å². The lowest BCUT2D eigenvalue weighted by Gasteiger charge is -2.18. The van der Waals surface area contributed by atoms with Crippen molar-refractivity contribution in [3.8, 4) is 0 Å². The molecule has 0 bridgehead atoms. The number of carboxylic acid groups (broad SMARTS) is 1. The molecule has 0 saturated heterocycles. The first kappa shape index (κ1) is 11.9. The van der Waals surface area contributed by atoms with Crippen LogP contribution >= 0.6 is 0 Å². The van der Waals surface area contributed by atoms with Crippen LogP contribution in [0.2, 0.25) is 0 Å². The number of rotatable bonds is 3. The number of aliphatic carboxylic acids is 1. The van der Waals surface area contributed by atoms with Gasteiger partial charge < -0.3 is 10.4 Å². The third-order valence-electron chi connectivity index (χ3n) is 1.44. The summed E-state index contributed by atoms with van der Waals surface area (Å²) in [6.45, 7) is 7.23. The molecule has 0 aromatic heterocycles. The zero-order chi connectivity index (χ0) is 10.6. The van der Waals surface area contributed by atoms with Crippen LogP contribution in [0.4, 0.5) is 0 Å². The Kier molecular flexibility index (Phi) is 3.91. The summed E-state index contributed by atoms with van der Waals surface area (Å²) in [5.41, 5.74) is -0.109. The molecule has 0 unspecified atom stereocenters. The van der Waals surface area contributed by atoms with E-state index < -0.39 is 12.0 Å². The highest BCUT2D eigenvalue weighted by molar-refractivity contribution is 5.83. The molecule has 0 rings (SSSR count). The van der Waals surface area contributed by atoms with Gasteiger partial charge in [0.15, 0.2) is 0 Å². The predicted octanol–water partition coefficient (Wildman–Crippen LogP) is 1.01. The highest BCUT2D eigenvalue weighted by atomic mass is 16.4. The molecule has 1 atom stereocenters. The van der Waals surface area contributed by atoms with E-state index in [9.17, 15) is 9.59 Å². The van der Waals surface area contributed by atoms with Gasteiger partial charge in [0.1, 0.15) is 6.04 Å². The number of nitrogens with one attached hydrogen (secondary N) is 1. The summed E-state index contributed by atoms with van der Waals surface area (Å²) in [5.74, 6) is -1.23. The van der Waals surface area contributed by atoms with Crippen molar-refractivity contribution in [3.05, 3.63) is 0 Å². The summed E-state index contributed by atoms with van der Waals surface area (Å²) in [5, 5.41) is 10.9. The van der Waals surface area contributed by atoms with Crippen molar-refractivity contribution in [1.82, 2.24) is 5.32 Å². The van der Waals surface area contributed by atoms with Crippen LogP contribution in [0.5, 0.6) is 0 Å². The standard InChI is InChI=1S/C9H17NO3/c1-6(8(12)13)10-7(11)5-9(2,3)4/h6H,5H2,1-4H3,(H,10,11)(H,12,13)/t6-/m1/s1. The molecule has 0 heterocycles. The Morgan fingerprint density at radius 3 is 2.15 bits per heavy atom. The van der Waals surface area contributed by atoms with Crippen LogP contribution in [-0.4, -0.2) is 23.0 Å². The average Bonchev–Trinajstić information content (AvgIpc) is 1.81. The zero-order valence-corrected chi connectivity index (χ0v) is 8.55. The minimum atomic E-state index is -1.01. The number of carboxylic acids is 1. The summed E-state index contributed by atoms with van der Waals surface area (Å²) >= 11 is 0. The lowest BCUT2D eigenvalue weighted by atomic mass is 9.92. The van der Waals surface area contributed by atoms with Gasteiger partial charge in [-0.25, -0.2) is 0 Å². The SMILES string of the molecule is C[C@@H](NC(=O)CC(C)(C)C)C(=O)O. The first-order valence-electron chi connectivity index (χ1n) is 4.24. The molecule has 4 nitrogen and oxygen atoms in total. The fraction of sp³-hybridized carbons (Fsp3) is 0.778. The molecule has 0 aromatic rings. The van der Waals surface area contributed by atoms with E-state index in [4.69, 9.17) is 5.11 Å². The molecule has 1 amide bonds. The lowest BCUT2D eigenvalue weighted by molar-refractivity contribution is -0.141. The highest BCUT2D eigenvalue weighted by Crippen LogP contribution is 2.17. The number of carbonyl (C=O) groups is 2. The van der Waals surface area contributed by atoms with Crippen LogP contribution in [0.25, 0.3) is 0 Å². The maximum Gasteiger partial charge on any atom is 0.325 e.